The summed E-state index contributed by atoms with van der Waals surface area (Å²) < 4.78 is 1.71. The first kappa shape index (κ1) is 23.4. The first-order chi connectivity index (χ1) is 16.3. The number of carbonyl (C=O) groups is 2. The maximum Gasteiger partial charge on any atom is 0.295 e. The number of hydrogen-bond acceptors (Lipinski definition) is 5. The molecule has 1 N–H and O–H groups in total. The summed E-state index contributed by atoms with van der Waals surface area (Å²) in [4.78, 5) is 29.9. The number of para-hydroxylation sites is 1. The van der Waals surface area contributed by atoms with Crippen LogP contribution in [0.25, 0.3) is 11.4 Å². The molecule has 1 aliphatic rings. The summed E-state index contributed by atoms with van der Waals surface area (Å²) in [5.41, 5.74) is 3.95. The molecule has 0 bridgehead atoms. The summed E-state index contributed by atoms with van der Waals surface area (Å²) in [6.45, 7) is 5.02. The van der Waals surface area contributed by atoms with Gasteiger partial charge >= 0.3 is 0 Å². The number of carbonyl (C=O) groups excluding carboxylic acids is 2. The van der Waals surface area contributed by atoms with Crippen LogP contribution in [-0.4, -0.2) is 63.6 Å². The summed E-state index contributed by atoms with van der Waals surface area (Å²) >= 11 is 0. The number of aryl methyl sites for hydroxylation is 1. The van der Waals surface area contributed by atoms with Gasteiger partial charge in [0.1, 0.15) is 5.76 Å². The lowest BCUT2D eigenvalue weighted by molar-refractivity contribution is -0.139. The fourth-order valence-corrected chi connectivity index (χ4v) is 4.38. The molecule has 7 heteroatoms. The van der Waals surface area contributed by atoms with E-state index in [1.54, 1.807) is 15.8 Å². The van der Waals surface area contributed by atoms with Crippen molar-refractivity contribution in [2.75, 3.05) is 27.2 Å². The zero-order chi connectivity index (χ0) is 24.4. The number of aliphatic hydroxyl groups excluding tert-OH is 1. The number of Topliss-reactive ketones (excluding diaryl/α,β-unsaturated/α-hetero) is 1. The largest absolute Gasteiger partial charge is 0.507 e. The van der Waals surface area contributed by atoms with Gasteiger partial charge in [-0.1, -0.05) is 48.0 Å². The van der Waals surface area contributed by atoms with Gasteiger partial charge in [0.25, 0.3) is 11.7 Å². The van der Waals surface area contributed by atoms with Crippen molar-refractivity contribution in [1.29, 1.82) is 0 Å². The Hall–Kier alpha value is -3.71. The molecule has 34 heavy (non-hydrogen) atoms. The monoisotopic (exact) mass is 458 g/mol. The van der Waals surface area contributed by atoms with Gasteiger partial charge in [0.15, 0.2) is 0 Å². The number of amides is 1. The van der Waals surface area contributed by atoms with Gasteiger partial charge < -0.3 is 14.9 Å². The molecule has 1 aromatic heterocycles. The molecule has 7 nitrogen and oxygen atoms in total. The second-order valence-corrected chi connectivity index (χ2v) is 8.95. The number of ketones is 1. The maximum absolute atomic E-state index is 13.2. The molecule has 1 saturated heterocycles. The van der Waals surface area contributed by atoms with Gasteiger partial charge in [-0.2, -0.15) is 5.10 Å². The summed E-state index contributed by atoms with van der Waals surface area (Å²) in [6, 6.07) is 16.7. The second-order valence-electron chi connectivity index (χ2n) is 8.95. The van der Waals surface area contributed by atoms with Crippen LogP contribution in [-0.2, 0) is 9.59 Å². The minimum Gasteiger partial charge on any atom is -0.507 e. The molecule has 0 unspecified atom stereocenters. The molecule has 3 aromatic rings. The van der Waals surface area contributed by atoms with Gasteiger partial charge in [-0.3, -0.25) is 9.59 Å². The summed E-state index contributed by atoms with van der Waals surface area (Å²) in [5.74, 6) is -1.45. The van der Waals surface area contributed by atoms with Crippen molar-refractivity contribution in [1.82, 2.24) is 19.6 Å². The Labute approximate surface area is 199 Å². The van der Waals surface area contributed by atoms with Crippen molar-refractivity contribution in [2.24, 2.45) is 0 Å². The molecule has 0 spiro atoms. The Balaban J connectivity index is 1.80. The topological polar surface area (TPSA) is 78.7 Å². The van der Waals surface area contributed by atoms with Crippen molar-refractivity contribution in [3.63, 3.8) is 0 Å². The van der Waals surface area contributed by atoms with Gasteiger partial charge in [0, 0.05) is 6.54 Å². The Bertz CT molecular complexity index is 1230. The number of rotatable bonds is 7. The lowest BCUT2D eigenvalue weighted by atomic mass is 9.95. The van der Waals surface area contributed by atoms with E-state index < -0.39 is 17.7 Å². The molecule has 0 saturated carbocycles. The molecule has 0 aliphatic carbocycles. The van der Waals surface area contributed by atoms with Crippen LogP contribution in [0.4, 0.5) is 0 Å². The summed E-state index contributed by atoms with van der Waals surface area (Å²) in [5, 5.41) is 15.8. The van der Waals surface area contributed by atoms with Crippen molar-refractivity contribution in [3.05, 3.63) is 88.8 Å². The Morgan fingerprint density at radius 2 is 1.71 bits per heavy atom. The minimum absolute atomic E-state index is 0.106. The normalized spacial score (nSPS) is 17.7. The van der Waals surface area contributed by atoms with Crippen molar-refractivity contribution >= 4 is 17.4 Å². The molecule has 4 rings (SSSR count). The van der Waals surface area contributed by atoms with E-state index in [0.717, 1.165) is 23.4 Å². The van der Waals surface area contributed by atoms with Crippen LogP contribution < -0.4 is 0 Å². The Morgan fingerprint density at radius 1 is 1.03 bits per heavy atom. The molecule has 1 fully saturated rings. The molecule has 176 valence electrons. The van der Waals surface area contributed by atoms with Crippen LogP contribution in [0.1, 0.15) is 34.8 Å². The molecule has 1 aliphatic heterocycles. The standard InChI is InChI=1S/C27H30N4O3/c1-18-11-13-20(14-12-18)24-23(26(33)27(34)30(24)16-8-15-29(3)4)25(32)22-17-28-31(19(22)2)21-9-6-5-7-10-21/h5-7,9-14,17,24,32H,8,15-16H2,1-4H3/b25-23+/t24-/m1/s1. The number of aliphatic hydroxyl groups is 1. The van der Waals surface area contributed by atoms with E-state index in [-0.39, 0.29) is 11.3 Å². The third-order valence-corrected chi connectivity index (χ3v) is 6.20. The van der Waals surface area contributed by atoms with Gasteiger partial charge in [-0.15, -0.1) is 0 Å². The highest BCUT2D eigenvalue weighted by atomic mass is 16.3. The Kier molecular flexibility index (Phi) is 6.65. The molecule has 1 atom stereocenters. The maximum atomic E-state index is 13.2. The van der Waals surface area contributed by atoms with Crippen LogP contribution in [0, 0.1) is 13.8 Å². The molecule has 1 amide bonds. The van der Waals surface area contributed by atoms with E-state index in [1.165, 1.54) is 0 Å². The second kappa shape index (κ2) is 9.65. The smallest absolute Gasteiger partial charge is 0.295 e. The van der Waals surface area contributed by atoms with E-state index in [4.69, 9.17) is 0 Å². The molecule has 2 aromatic carbocycles. The Morgan fingerprint density at radius 3 is 2.35 bits per heavy atom. The fraction of sp³-hybridized carbons (Fsp3) is 0.296. The quantitative estimate of drug-likeness (QED) is 0.330. The van der Waals surface area contributed by atoms with Crippen molar-refractivity contribution in [3.8, 4) is 5.69 Å². The zero-order valence-corrected chi connectivity index (χ0v) is 20.0. The van der Waals surface area contributed by atoms with Gasteiger partial charge in [0.2, 0.25) is 0 Å². The fourth-order valence-electron chi connectivity index (χ4n) is 4.38. The number of likely N-dealkylation sites (tertiary alicyclic amines) is 1. The van der Waals surface area contributed by atoms with Crippen molar-refractivity contribution < 1.29 is 14.7 Å². The van der Waals surface area contributed by atoms with Crippen LogP contribution in [0.2, 0.25) is 0 Å². The predicted molar refractivity (Wildman–Crippen MR) is 132 cm³/mol. The average Bonchev–Trinajstić information content (AvgIpc) is 3.32. The van der Waals surface area contributed by atoms with Gasteiger partial charge in [0.05, 0.1) is 34.8 Å². The van der Waals surface area contributed by atoms with Crippen LogP contribution in [0.3, 0.4) is 0 Å². The average molecular weight is 459 g/mol. The highest BCUT2D eigenvalue weighted by Gasteiger charge is 2.46. The predicted octanol–water partition coefficient (Wildman–Crippen LogP) is 3.86. The van der Waals surface area contributed by atoms with E-state index in [1.807, 2.05) is 87.4 Å². The first-order valence-corrected chi connectivity index (χ1v) is 11.4. The van der Waals surface area contributed by atoms with Crippen LogP contribution in [0.5, 0.6) is 0 Å². The minimum atomic E-state index is -0.667. The zero-order valence-electron chi connectivity index (χ0n) is 20.0. The third kappa shape index (κ3) is 4.39. The highest BCUT2D eigenvalue weighted by molar-refractivity contribution is 6.46. The van der Waals surface area contributed by atoms with Crippen molar-refractivity contribution in [2.45, 2.75) is 26.3 Å². The molecular formula is C27H30N4O3. The highest BCUT2D eigenvalue weighted by Crippen LogP contribution is 2.40. The third-order valence-electron chi connectivity index (χ3n) is 6.20. The number of nitrogens with zero attached hydrogens (tertiary/aromatic N) is 4. The van der Waals surface area contributed by atoms with E-state index >= 15 is 0 Å². The molecular weight excluding hydrogens is 428 g/mol. The summed E-state index contributed by atoms with van der Waals surface area (Å²) in [6.07, 6.45) is 2.26. The van der Waals surface area contributed by atoms with Crippen LogP contribution >= 0.6 is 0 Å². The van der Waals surface area contributed by atoms with E-state index in [2.05, 4.69) is 5.10 Å². The lowest BCUT2D eigenvalue weighted by Crippen LogP contribution is -2.32. The van der Waals surface area contributed by atoms with Crippen LogP contribution in [0.15, 0.2) is 66.4 Å². The summed E-state index contributed by atoms with van der Waals surface area (Å²) in [7, 11) is 3.94. The SMILES string of the molecule is Cc1ccc([C@@H]2/C(=C(\O)c3cnn(-c4ccccc4)c3C)C(=O)C(=O)N2CCCN(C)C)cc1. The first-order valence-electron chi connectivity index (χ1n) is 11.4. The van der Waals surface area contributed by atoms with E-state index in [9.17, 15) is 14.7 Å². The number of aromatic nitrogens is 2. The lowest BCUT2D eigenvalue weighted by Gasteiger charge is -2.26. The van der Waals surface area contributed by atoms with E-state index in [0.29, 0.717) is 24.2 Å². The molecule has 0 radical (unpaired) electrons. The van der Waals surface area contributed by atoms with Gasteiger partial charge in [-0.25, -0.2) is 4.68 Å². The number of hydrogen-bond donors (Lipinski definition) is 1. The molecule has 2 heterocycles. The van der Waals surface area contributed by atoms with Gasteiger partial charge in [-0.05, 0) is 58.6 Å². The number of benzene rings is 2.